The molecule has 0 spiro atoms. The van der Waals surface area contributed by atoms with Gasteiger partial charge in [0.25, 0.3) is 0 Å². The summed E-state index contributed by atoms with van der Waals surface area (Å²) in [6.07, 6.45) is 9.88. The standard InChI is InChI=1S/C19H31N/c1-7-19(6,8-2)16-10-14(3)9-15-12-20-13-18(4,5)17(15)11-16/h9-11,14,20H,7-8,12-13H2,1-6H3. The van der Waals surface area contributed by atoms with Crippen LogP contribution in [0.1, 0.15) is 54.4 Å². The molecule has 1 aliphatic carbocycles. The number of hydrogen-bond donors (Lipinski definition) is 1. The van der Waals surface area contributed by atoms with E-state index in [1.54, 1.807) is 11.1 Å². The Bertz CT molecular complexity index is 458. The SMILES string of the molecule is CCC(C)(CC)C1=CC(C)C=C2CNCC(C)(C)C2=C1. The van der Waals surface area contributed by atoms with E-state index in [1.165, 1.54) is 18.4 Å². The number of nitrogens with one attached hydrogen (secondary N) is 1. The highest BCUT2D eigenvalue weighted by Gasteiger charge is 2.33. The smallest absolute Gasteiger partial charge is 0.0205 e. The van der Waals surface area contributed by atoms with Gasteiger partial charge in [-0.1, -0.05) is 59.8 Å². The minimum Gasteiger partial charge on any atom is -0.312 e. The van der Waals surface area contributed by atoms with Crippen molar-refractivity contribution in [2.24, 2.45) is 16.7 Å². The first-order chi connectivity index (χ1) is 9.32. The maximum Gasteiger partial charge on any atom is 0.0205 e. The maximum absolute atomic E-state index is 3.57. The average molecular weight is 273 g/mol. The number of hydrogen-bond acceptors (Lipinski definition) is 1. The van der Waals surface area contributed by atoms with Crippen molar-refractivity contribution in [3.63, 3.8) is 0 Å². The summed E-state index contributed by atoms with van der Waals surface area (Å²) < 4.78 is 0. The lowest BCUT2D eigenvalue weighted by Crippen LogP contribution is -2.39. The van der Waals surface area contributed by atoms with E-state index < -0.39 is 0 Å². The summed E-state index contributed by atoms with van der Waals surface area (Å²) in [7, 11) is 0. The van der Waals surface area contributed by atoms with Crippen molar-refractivity contribution in [2.75, 3.05) is 13.1 Å². The van der Waals surface area contributed by atoms with Gasteiger partial charge in [-0.05, 0) is 40.9 Å². The molecule has 0 aromatic heterocycles. The molecule has 1 nitrogen and oxygen atoms in total. The molecule has 1 aliphatic heterocycles. The molecular formula is C19H31N. The molecule has 1 N–H and O–H groups in total. The van der Waals surface area contributed by atoms with Crippen molar-refractivity contribution in [1.82, 2.24) is 5.32 Å². The summed E-state index contributed by atoms with van der Waals surface area (Å²) in [6.45, 7) is 16.2. The van der Waals surface area contributed by atoms with E-state index >= 15 is 0 Å². The van der Waals surface area contributed by atoms with Crippen LogP contribution in [0.4, 0.5) is 0 Å². The lowest BCUT2D eigenvalue weighted by atomic mass is 9.72. The topological polar surface area (TPSA) is 12.0 Å². The van der Waals surface area contributed by atoms with Crippen molar-refractivity contribution in [1.29, 1.82) is 0 Å². The zero-order valence-electron chi connectivity index (χ0n) is 14.1. The Morgan fingerprint density at radius 1 is 1.25 bits per heavy atom. The Kier molecular flexibility index (Phi) is 4.30. The second kappa shape index (κ2) is 5.52. The van der Waals surface area contributed by atoms with Crippen molar-refractivity contribution >= 4 is 0 Å². The predicted molar refractivity (Wildman–Crippen MR) is 88.8 cm³/mol. The van der Waals surface area contributed by atoms with Crippen LogP contribution >= 0.6 is 0 Å². The third-order valence-electron chi connectivity index (χ3n) is 5.42. The third kappa shape index (κ3) is 2.79. The first-order valence-corrected chi connectivity index (χ1v) is 8.18. The molecule has 0 aromatic carbocycles. The fourth-order valence-electron chi connectivity index (χ4n) is 3.46. The molecule has 20 heavy (non-hydrogen) atoms. The summed E-state index contributed by atoms with van der Waals surface area (Å²) in [4.78, 5) is 0. The summed E-state index contributed by atoms with van der Waals surface area (Å²) in [5, 5.41) is 3.57. The van der Waals surface area contributed by atoms with Crippen molar-refractivity contribution < 1.29 is 0 Å². The lowest BCUT2D eigenvalue weighted by Gasteiger charge is -2.37. The van der Waals surface area contributed by atoms with Gasteiger partial charge in [-0.3, -0.25) is 0 Å². The highest BCUT2D eigenvalue weighted by Crippen LogP contribution is 2.43. The molecule has 1 heteroatoms. The molecule has 1 fully saturated rings. The molecule has 1 saturated heterocycles. The van der Waals surface area contributed by atoms with Crippen LogP contribution in [0.2, 0.25) is 0 Å². The lowest BCUT2D eigenvalue weighted by molar-refractivity contribution is 0.367. The normalized spacial score (nSPS) is 26.1. The Morgan fingerprint density at radius 3 is 2.50 bits per heavy atom. The first-order valence-electron chi connectivity index (χ1n) is 8.18. The molecule has 1 heterocycles. The Hall–Kier alpha value is -0.820. The first kappa shape index (κ1) is 15.6. The minimum absolute atomic E-state index is 0.232. The molecule has 0 aromatic rings. The van der Waals surface area contributed by atoms with Crippen LogP contribution in [0.5, 0.6) is 0 Å². The van der Waals surface area contributed by atoms with E-state index in [0.29, 0.717) is 11.3 Å². The molecule has 2 aliphatic rings. The zero-order valence-corrected chi connectivity index (χ0v) is 14.1. The summed E-state index contributed by atoms with van der Waals surface area (Å²) >= 11 is 0. The van der Waals surface area contributed by atoms with Crippen LogP contribution in [0.15, 0.2) is 34.9 Å². The van der Waals surface area contributed by atoms with Gasteiger partial charge >= 0.3 is 0 Å². The molecule has 2 rings (SSSR count). The van der Waals surface area contributed by atoms with Gasteiger partial charge in [0, 0.05) is 18.5 Å². The largest absolute Gasteiger partial charge is 0.312 e. The minimum atomic E-state index is 0.232. The molecule has 0 saturated carbocycles. The number of fused-ring (bicyclic) bond motifs is 1. The van der Waals surface area contributed by atoms with Crippen LogP contribution in [-0.4, -0.2) is 13.1 Å². The van der Waals surface area contributed by atoms with Crippen molar-refractivity contribution in [2.45, 2.75) is 54.4 Å². The van der Waals surface area contributed by atoms with Gasteiger partial charge in [0.15, 0.2) is 0 Å². The number of allylic oxidation sites excluding steroid dienone is 4. The number of piperidine rings is 1. The highest BCUT2D eigenvalue weighted by molar-refractivity contribution is 5.48. The van der Waals surface area contributed by atoms with E-state index in [9.17, 15) is 0 Å². The van der Waals surface area contributed by atoms with Gasteiger partial charge in [-0.25, -0.2) is 0 Å². The van der Waals surface area contributed by atoms with Gasteiger partial charge in [0.1, 0.15) is 0 Å². The molecule has 0 bridgehead atoms. The van der Waals surface area contributed by atoms with Crippen molar-refractivity contribution in [3.8, 4) is 0 Å². The predicted octanol–water partition coefficient (Wildman–Crippen LogP) is 4.87. The molecule has 1 atom stereocenters. The fraction of sp³-hybridized carbons (Fsp3) is 0.684. The van der Waals surface area contributed by atoms with Crippen LogP contribution in [0.3, 0.4) is 0 Å². The van der Waals surface area contributed by atoms with Gasteiger partial charge in [-0.2, -0.15) is 0 Å². The van der Waals surface area contributed by atoms with Gasteiger partial charge in [0.2, 0.25) is 0 Å². The van der Waals surface area contributed by atoms with Crippen LogP contribution in [0, 0.1) is 16.7 Å². The zero-order chi connectivity index (χ0) is 15.0. The summed E-state index contributed by atoms with van der Waals surface area (Å²) in [5.41, 5.74) is 5.15. The molecule has 1 unspecified atom stereocenters. The van der Waals surface area contributed by atoms with E-state index in [2.05, 4.69) is 65.1 Å². The van der Waals surface area contributed by atoms with Gasteiger partial charge in [0.05, 0.1) is 0 Å². The highest BCUT2D eigenvalue weighted by atomic mass is 14.9. The van der Waals surface area contributed by atoms with Gasteiger partial charge in [-0.15, -0.1) is 0 Å². The van der Waals surface area contributed by atoms with Crippen LogP contribution in [0.25, 0.3) is 0 Å². The van der Waals surface area contributed by atoms with E-state index in [1.807, 2.05) is 0 Å². The maximum atomic E-state index is 3.57. The molecule has 0 amide bonds. The Balaban J connectivity index is 2.51. The second-order valence-corrected chi connectivity index (χ2v) is 7.49. The number of rotatable bonds is 3. The second-order valence-electron chi connectivity index (χ2n) is 7.49. The Morgan fingerprint density at radius 2 is 1.90 bits per heavy atom. The molecule has 0 radical (unpaired) electrons. The fourth-order valence-corrected chi connectivity index (χ4v) is 3.46. The van der Waals surface area contributed by atoms with E-state index in [4.69, 9.17) is 0 Å². The summed E-state index contributed by atoms with van der Waals surface area (Å²) in [6, 6.07) is 0. The molecular weight excluding hydrogens is 242 g/mol. The van der Waals surface area contributed by atoms with E-state index in [0.717, 1.165) is 13.1 Å². The van der Waals surface area contributed by atoms with Crippen molar-refractivity contribution in [3.05, 3.63) is 34.9 Å². The van der Waals surface area contributed by atoms with Crippen LogP contribution < -0.4 is 5.32 Å². The average Bonchev–Trinajstić information content (AvgIpc) is 2.57. The van der Waals surface area contributed by atoms with E-state index in [-0.39, 0.29) is 5.41 Å². The van der Waals surface area contributed by atoms with Crippen LogP contribution in [-0.2, 0) is 0 Å². The summed E-state index contributed by atoms with van der Waals surface area (Å²) in [5.74, 6) is 0.530. The molecule has 112 valence electrons. The third-order valence-corrected chi connectivity index (χ3v) is 5.42. The Labute approximate surface area is 125 Å². The van der Waals surface area contributed by atoms with Gasteiger partial charge < -0.3 is 5.32 Å². The monoisotopic (exact) mass is 273 g/mol. The quantitative estimate of drug-likeness (QED) is 0.773.